The van der Waals surface area contributed by atoms with Crippen LogP contribution < -0.4 is 0 Å². The van der Waals surface area contributed by atoms with E-state index in [-0.39, 0.29) is 5.82 Å². The summed E-state index contributed by atoms with van der Waals surface area (Å²) in [5, 5.41) is 0. The van der Waals surface area contributed by atoms with Gasteiger partial charge in [-0.15, -0.1) is 11.6 Å². The molecule has 1 aromatic carbocycles. The predicted molar refractivity (Wildman–Crippen MR) is 68.8 cm³/mol. The van der Waals surface area contributed by atoms with Crippen molar-refractivity contribution in [3.63, 3.8) is 0 Å². The molecule has 0 atom stereocenters. The highest BCUT2D eigenvalue weighted by Gasteiger charge is 2.06. The average Bonchev–Trinajstić information content (AvgIpc) is 2.80. The van der Waals surface area contributed by atoms with Crippen LogP contribution >= 0.6 is 11.6 Å². The van der Waals surface area contributed by atoms with Gasteiger partial charge in [0.15, 0.2) is 5.65 Å². The van der Waals surface area contributed by atoms with Gasteiger partial charge < -0.3 is 4.98 Å². The SMILES string of the molecule is Fc1cccc(-c2cnc3nc(CCl)[nH]c3c2)c1. The molecule has 0 aliphatic rings. The third-order valence-electron chi connectivity index (χ3n) is 2.67. The lowest BCUT2D eigenvalue weighted by atomic mass is 10.1. The molecule has 0 saturated carbocycles. The Morgan fingerprint density at radius 1 is 1.22 bits per heavy atom. The van der Waals surface area contributed by atoms with E-state index in [1.807, 2.05) is 12.1 Å². The highest BCUT2D eigenvalue weighted by atomic mass is 35.5. The van der Waals surface area contributed by atoms with E-state index in [0.717, 1.165) is 16.6 Å². The molecule has 0 spiro atoms. The molecular weight excluding hydrogens is 253 g/mol. The Morgan fingerprint density at radius 2 is 2.11 bits per heavy atom. The first-order chi connectivity index (χ1) is 8.76. The van der Waals surface area contributed by atoms with Crippen molar-refractivity contribution in [2.75, 3.05) is 0 Å². The number of halogens is 2. The Balaban J connectivity index is 2.12. The van der Waals surface area contributed by atoms with Crippen LogP contribution in [0, 0.1) is 5.82 Å². The molecule has 0 saturated heterocycles. The van der Waals surface area contributed by atoms with Crippen LogP contribution in [-0.4, -0.2) is 15.0 Å². The van der Waals surface area contributed by atoms with Gasteiger partial charge in [-0.2, -0.15) is 0 Å². The highest BCUT2D eigenvalue weighted by molar-refractivity contribution is 6.16. The van der Waals surface area contributed by atoms with Gasteiger partial charge >= 0.3 is 0 Å². The Labute approximate surface area is 108 Å². The zero-order chi connectivity index (χ0) is 12.5. The third-order valence-corrected chi connectivity index (χ3v) is 2.92. The average molecular weight is 262 g/mol. The molecule has 2 aromatic heterocycles. The molecule has 1 N–H and O–H groups in total. The molecule has 3 nitrogen and oxygen atoms in total. The summed E-state index contributed by atoms with van der Waals surface area (Å²) in [6.07, 6.45) is 1.68. The van der Waals surface area contributed by atoms with Gasteiger partial charge in [0, 0.05) is 11.8 Å². The van der Waals surface area contributed by atoms with Crippen LogP contribution in [-0.2, 0) is 5.88 Å². The van der Waals surface area contributed by atoms with E-state index in [1.165, 1.54) is 12.1 Å². The second-order valence-corrected chi connectivity index (χ2v) is 4.19. The quantitative estimate of drug-likeness (QED) is 0.718. The lowest BCUT2D eigenvalue weighted by Crippen LogP contribution is -1.83. The van der Waals surface area contributed by atoms with Gasteiger partial charge in [0.25, 0.3) is 0 Å². The highest BCUT2D eigenvalue weighted by Crippen LogP contribution is 2.22. The number of nitrogens with one attached hydrogen (secondary N) is 1. The van der Waals surface area contributed by atoms with E-state index >= 15 is 0 Å². The Kier molecular flexibility index (Phi) is 2.72. The number of fused-ring (bicyclic) bond motifs is 1. The first-order valence-corrected chi connectivity index (χ1v) is 5.96. The maximum atomic E-state index is 13.2. The number of aromatic amines is 1. The van der Waals surface area contributed by atoms with Gasteiger partial charge in [0.05, 0.1) is 11.4 Å². The van der Waals surface area contributed by atoms with Crippen molar-refractivity contribution >= 4 is 22.8 Å². The summed E-state index contributed by atoms with van der Waals surface area (Å²) >= 11 is 5.70. The maximum Gasteiger partial charge on any atom is 0.177 e. The topological polar surface area (TPSA) is 41.6 Å². The van der Waals surface area contributed by atoms with Crippen molar-refractivity contribution in [2.24, 2.45) is 0 Å². The number of imidazole rings is 1. The minimum Gasteiger partial charge on any atom is -0.340 e. The van der Waals surface area contributed by atoms with E-state index in [1.54, 1.807) is 12.3 Å². The normalized spacial score (nSPS) is 11.0. The van der Waals surface area contributed by atoms with Gasteiger partial charge in [-0.1, -0.05) is 12.1 Å². The molecule has 3 rings (SSSR count). The standard InChI is InChI=1S/C13H9ClFN3/c14-6-12-17-11-5-9(7-16-13(11)18-12)8-2-1-3-10(15)4-8/h1-5,7H,6H2,(H,16,17,18). The minimum absolute atomic E-state index is 0.265. The molecule has 5 heteroatoms. The van der Waals surface area contributed by atoms with Crippen LogP contribution in [0.5, 0.6) is 0 Å². The fraction of sp³-hybridized carbons (Fsp3) is 0.0769. The molecule has 0 amide bonds. The molecule has 90 valence electrons. The molecule has 0 aliphatic heterocycles. The van der Waals surface area contributed by atoms with E-state index < -0.39 is 0 Å². The molecule has 18 heavy (non-hydrogen) atoms. The summed E-state index contributed by atoms with van der Waals surface area (Å²) < 4.78 is 13.2. The summed E-state index contributed by atoms with van der Waals surface area (Å²) in [6, 6.07) is 8.29. The number of pyridine rings is 1. The molecular formula is C13H9ClFN3. The van der Waals surface area contributed by atoms with Crippen LogP contribution in [0.15, 0.2) is 36.5 Å². The van der Waals surface area contributed by atoms with Crippen LogP contribution in [0.4, 0.5) is 4.39 Å². The Morgan fingerprint density at radius 3 is 2.89 bits per heavy atom. The number of alkyl halides is 1. The largest absolute Gasteiger partial charge is 0.340 e. The molecule has 0 aliphatic carbocycles. The summed E-state index contributed by atoms with van der Waals surface area (Å²) in [5.41, 5.74) is 3.04. The fourth-order valence-electron chi connectivity index (χ4n) is 1.84. The number of hydrogen-bond acceptors (Lipinski definition) is 2. The summed E-state index contributed by atoms with van der Waals surface area (Å²) in [4.78, 5) is 11.5. The number of aromatic nitrogens is 3. The van der Waals surface area contributed by atoms with Crippen LogP contribution in [0.2, 0.25) is 0 Å². The zero-order valence-corrected chi connectivity index (χ0v) is 10.1. The molecule has 2 heterocycles. The number of nitrogens with zero attached hydrogens (tertiary/aromatic N) is 2. The fourth-order valence-corrected chi connectivity index (χ4v) is 1.97. The second-order valence-electron chi connectivity index (χ2n) is 3.92. The first-order valence-electron chi connectivity index (χ1n) is 5.43. The van der Waals surface area contributed by atoms with E-state index in [4.69, 9.17) is 11.6 Å². The van der Waals surface area contributed by atoms with Gasteiger partial charge in [0.2, 0.25) is 0 Å². The molecule has 0 bridgehead atoms. The lowest BCUT2D eigenvalue weighted by Gasteiger charge is -2.00. The van der Waals surface area contributed by atoms with Crippen molar-refractivity contribution in [1.29, 1.82) is 0 Å². The second kappa shape index (κ2) is 4.38. The maximum absolute atomic E-state index is 13.2. The Bertz CT molecular complexity index is 708. The number of H-pyrrole nitrogens is 1. The van der Waals surface area contributed by atoms with Crippen LogP contribution in [0.3, 0.4) is 0 Å². The third kappa shape index (κ3) is 1.95. The number of rotatable bonds is 2. The van der Waals surface area contributed by atoms with Crippen molar-refractivity contribution in [2.45, 2.75) is 5.88 Å². The van der Waals surface area contributed by atoms with Gasteiger partial charge in [-0.05, 0) is 23.8 Å². The predicted octanol–water partition coefficient (Wildman–Crippen LogP) is 3.50. The Hall–Kier alpha value is -1.94. The summed E-state index contributed by atoms with van der Waals surface area (Å²) in [6.45, 7) is 0. The minimum atomic E-state index is -0.265. The lowest BCUT2D eigenvalue weighted by molar-refractivity contribution is 0.628. The van der Waals surface area contributed by atoms with Crippen LogP contribution in [0.1, 0.15) is 5.82 Å². The first kappa shape index (κ1) is 11.2. The number of benzene rings is 1. The van der Waals surface area contributed by atoms with E-state index in [0.29, 0.717) is 17.4 Å². The summed E-state index contributed by atoms with van der Waals surface area (Å²) in [5.74, 6) is 0.722. The van der Waals surface area contributed by atoms with Gasteiger partial charge in [-0.3, -0.25) is 0 Å². The molecule has 3 aromatic rings. The molecule has 0 unspecified atom stereocenters. The van der Waals surface area contributed by atoms with Crippen molar-refractivity contribution in [3.8, 4) is 11.1 Å². The zero-order valence-electron chi connectivity index (χ0n) is 9.32. The monoisotopic (exact) mass is 261 g/mol. The molecule has 0 radical (unpaired) electrons. The van der Waals surface area contributed by atoms with E-state index in [9.17, 15) is 4.39 Å². The van der Waals surface area contributed by atoms with Crippen molar-refractivity contribution < 1.29 is 4.39 Å². The van der Waals surface area contributed by atoms with Gasteiger partial charge in [-0.25, -0.2) is 14.4 Å². The van der Waals surface area contributed by atoms with Gasteiger partial charge in [0.1, 0.15) is 11.6 Å². The van der Waals surface area contributed by atoms with Crippen LogP contribution in [0.25, 0.3) is 22.3 Å². The smallest absolute Gasteiger partial charge is 0.177 e. The van der Waals surface area contributed by atoms with Crippen molar-refractivity contribution in [3.05, 3.63) is 48.2 Å². The van der Waals surface area contributed by atoms with E-state index in [2.05, 4.69) is 15.0 Å². The molecule has 0 fully saturated rings. The number of hydrogen-bond donors (Lipinski definition) is 1. The van der Waals surface area contributed by atoms with Crippen molar-refractivity contribution in [1.82, 2.24) is 15.0 Å². The summed E-state index contributed by atoms with van der Waals surface area (Å²) in [7, 11) is 0.